The number of halogens is 1. The Morgan fingerprint density at radius 1 is 1.25 bits per heavy atom. The lowest BCUT2D eigenvalue weighted by Crippen LogP contribution is -2.21. The largest absolute Gasteiger partial charge is 0.479 e. The maximum Gasteiger partial charge on any atom is 0.330 e. The number of hydrogen-bond acceptors (Lipinski definition) is 2. The standard InChI is InChI=1S/C16H16BrNO2/c1-2-11-6-3-4-9-14(11)15(16(19)20)18-13-8-5-7-12(17)10-13/h3-10,15,18H,2H2,1H3,(H,19,20). The number of carboxylic acid groups (broad SMARTS) is 1. The molecule has 0 radical (unpaired) electrons. The lowest BCUT2D eigenvalue weighted by Gasteiger charge is -2.19. The Balaban J connectivity index is 2.34. The SMILES string of the molecule is CCc1ccccc1C(Nc1cccc(Br)c1)C(=O)O. The lowest BCUT2D eigenvalue weighted by atomic mass is 9.98. The number of rotatable bonds is 5. The van der Waals surface area contributed by atoms with Crippen LogP contribution in [0.2, 0.25) is 0 Å². The van der Waals surface area contributed by atoms with Gasteiger partial charge in [-0.2, -0.15) is 0 Å². The highest BCUT2D eigenvalue weighted by molar-refractivity contribution is 9.10. The molecule has 0 aliphatic rings. The van der Waals surface area contributed by atoms with E-state index >= 15 is 0 Å². The highest BCUT2D eigenvalue weighted by Crippen LogP contribution is 2.25. The molecule has 2 aromatic carbocycles. The summed E-state index contributed by atoms with van der Waals surface area (Å²) in [6.07, 6.45) is 0.806. The van der Waals surface area contributed by atoms with Gasteiger partial charge < -0.3 is 10.4 Å². The molecule has 0 aliphatic carbocycles. The molecule has 2 N–H and O–H groups in total. The summed E-state index contributed by atoms with van der Waals surface area (Å²) < 4.78 is 0.912. The summed E-state index contributed by atoms with van der Waals surface area (Å²) in [6, 6.07) is 14.4. The third-order valence-electron chi connectivity index (χ3n) is 3.13. The third kappa shape index (κ3) is 3.39. The topological polar surface area (TPSA) is 49.3 Å². The summed E-state index contributed by atoms with van der Waals surface area (Å²) in [5.41, 5.74) is 2.63. The van der Waals surface area contributed by atoms with Gasteiger partial charge in [-0.15, -0.1) is 0 Å². The van der Waals surface area contributed by atoms with Gasteiger partial charge in [0, 0.05) is 10.2 Å². The molecule has 4 heteroatoms. The van der Waals surface area contributed by atoms with E-state index in [1.807, 2.05) is 55.5 Å². The molecule has 0 aromatic heterocycles. The van der Waals surface area contributed by atoms with Gasteiger partial charge in [0.1, 0.15) is 0 Å². The average Bonchev–Trinajstić information content (AvgIpc) is 2.44. The molecule has 0 fully saturated rings. The van der Waals surface area contributed by atoms with Crippen LogP contribution in [0.5, 0.6) is 0 Å². The van der Waals surface area contributed by atoms with Gasteiger partial charge in [0.05, 0.1) is 0 Å². The van der Waals surface area contributed by atoms with Crippen molar-refractivity contribution >= 4 is 27.6 Å². The zero-order valence-electron chi connectivity index (χ0n) is 11.1. The van der Waals surface area contributed by atoms with E-state index in [0.29, 0.717) is 0 Å². The van der Waals surface area contributed by atoms with Gasteiger partial charge in [-0.1, -0.05) is 53.2 Å². The molecule has 0 heterocycles. The van der Waals surface area contributed by atoms with Crippen LogP contribution in [-0.2, 0) is 11.2 Å². The maximum absolute atomic E-state index is 11.6. The quantitative estimate of drug-likeness (QED) is 0.859. The normalized spacial score (nSPS) is 11.9. The van der Waals surface area contributed by atoms with Gasteiger partial charge in [-0.05, 0) is 35.7 Å². The molecule has 0 saturated heterocycles. The molecule has 3 nitrogen and oxygen atoms in total. The van der Waals surface area contributed by atoms with Crippen LogP contribution >= 0.6 is 15.9 Å². The first-order chi connectivity index (χ1) is 9.61. The summed E-state index contributed by atoms with van der Waals surface area (Å²) >= 11 is 3.39. The van der Waals surface area contributed by atoms with E-state index in [9.17, 15) is 9.90 Å². The van der Waals surface area contributed by atoms with Crippen molar-refractivity contribution in [2.24, 2.45) is 0 Å². The minimum atomic E-state index is -0.883. The predicted octanol–water partition coefficient (Wildman–Crippen LogP) is 4.25. The van der Waals surface area contributed by atoms with Crippen LogP contribution in [0.4, 0.5) is 5.69 Å². The van der Waals surface area contributed by atoms with Crippen molar-refractivity contribution < 1.29 is 9.90 Å². The lowest BCUT2D eigenvalue weighted by molar-refractivity contribution is -0.138. The zero-order valence-corrected chi connectivity index (χ0v) is 12.7. The van der Waals surface area contributed by atoms with Gasteiger partial charge in [0.25, 0.3) is 0 Å². The van der Waals surface area contributed by atoms with Gasteiger partial charge in [-0.3, -0.25) is 0 Å². The van der Waals surface area contributed by atoms with Crippen molar-refractivity contribution in [2.75, 3.05) is 5.32 Å². The van der Waals surface area contributed by atoms with Crippen molar-refractivity contribution in [3.63, 3.8) is 0 Å². The summed E-state index contributed by atoms with van der Waals surface area (Å²) in [5.74, 6) is -0.883. The molecule has 1 atom stereocenters. The number of carboxylic acids is 1. The fraction of sp³-hybridized carbons (Fsp3) is 0.188. The van der Waals surface area contributed by atoms with E-state index in [-0.39, 0.29) is 0 Å². The van der Waals surface area contributed by atoms with Gasteiger partial charge in [0.15, 0.2) is 6.04 Å². The first-order valence-corrected chi connectivity index (χ1v) is 7.24. The fourth-order valence-corrected chi connectivity index (χ4v) is 2.55. The molecular formula is C16H16BrNO2. The van der Waals surface area contributed by atoms with Crippen LogP contribution in [0.3, 0.4) is 0 Å². The second-order valence-corrected chi connectivity index (χ2v) is 5.39. The number of aliphatic carboxylic acids is 1. The molecule has 0 bridgehead atoms. The highest BCUT2D eigenvalue weighted by Gasteiger charge is 2.21. The van der Waals surface area contributed by atoms with Crippen molar-refractivity contribution in [3.05, 3.63) is 64.1 Å². The number of benzene rings is 2. The molecule has 2 aromatic rings. The van der Waals surface area contributed by atoms with E-state index in [2.05, 4.69) is 21.2 Å². The summed E-state index contributed by atoms with van der Waals surface area (Å²) in [4.78, 5) is 11.6. The van der Waals surface area contributed by atoms with Crippen LogP contribution < -0.4 is 5.32 Å². The fourth-order valence-electron chi connectivity index (χ4n) is 2.16. The smallest absolute Gasteiger partial charge is 0.330 e. The number of nitrogens with one attached hydrogen (secondary N) is 1. The second kappa shape index (κ2) is 6.57. The van der Waals surface area contributed by atoms with Crippen LogP contribution in [0, 0.1) is 0 Å². The highest BCUT2D eigenvalue weighted by atomic mass is 79.9. The number of anilines is 1. The van der Waals surface area contributed by atoms with Gasteiger partial charge in [0.2, 0.25) is 0 Å². The van der Waals surface area contributed by atoms with Crippen molar-refractivity contribution in [3.8, 4) is 0 Å². The Kier molecular flexibility index (Phi) is 4.79. The first-order valence-electron chi connectivity index (χ1n) is 6.44. The number of aryl methyl sites for hydroxylation is 1. The summed E-state index contributed by atoms with van der Waals surface area (Å²) in [5, 5.41) is 12.6. The Labute approximate surface area is 126 Å². The molecule has 0 amide bonds. The Morgan fingerprint density at radius 2 is 2.00 bits per heavy atom. The van der Waals surface area contributed by atoms with Crippen LogP contribution in [0.1, 0.15) is 24.1 Å². The van der Waals surface area contributed by atoms with Crippen molar-refractivity contribution in [2.45, 2.75) is 19.4 Å². The Morgan fingerprint density at radius 3 is 2.65 bits per heavy atom. The van der Waals surface area contributed by atoms with Crippen LogP contribution in [0.25, 0.3) is 0 Å². The average molecular weight is 334 g/mol. The van der Waals surface area contributed by atoms with E-state index in [1.165, 1.54) is 0 Å². The van der Waals surface area contributed by atoms with Crippen LogP contribution in [0.15, 0.2) is 53.0 Å². The zero-order chi connectivity index (χ0) is 14.5. The first kappa shape index (κ1) is 14.6. The summed E-state index contributed by atoms with van der Waals surface area (Å²) in [7, 11) is 0. The summed E-state index contributed by atoms with van der Waals surface area (Å²) in [6.45, 7) is 2.02. The maximum atomic E-state index is 11.6. The minimum Gasteiger partial charge on any atom is -0.479 e. The van der Waals surface area contributed by atoms with Gasteiger partial charge >= 0.3 is 5.97 Å². The molecule has 1 unspecified atom stereocenters. The minimum absolute atomic E-state index is 0.750. The molecule has 0 aliphatic heterocycles. The number of hydrogen-bond donors (Lipinski definition) is 2. The molecule has 2 rings (SSSR count). The van der Waals surface area contributed by atoms with Crippen molar-refractivity contribution in [1.29, 1.82) is 0 Å². The Hall–Kier alpha value is -1.81. The molecule has 20 heavy (non-hydrogen) atoms. The second-order valence-electron chi connectivity index (χ2n) is 4.48. The van der Waals surface area contributed by atoms with E-state index < -0.39 is 12.0 Å². The third-order valence-corrected chi connectivity index (χ3v) is 3.62. The van der Waals surface area contributed by atoms with E-state index in [1.54, 1.807) is 0 Å². The van der Waals surface area contributed by atoms with E-state index in [4.69, 9.17) is 0 Å². The molecule has 0 spiro atoms. The monoisotopic (exact) mass is 333 g/mol. The Bertz CT molecular complexity index is 613. The molecule has 104 valence electrons. The van der Waals surface area contributed by atoms with Crippen LogP contribution in [-0.4, -0.2) is 11.1 Å². The van der Waals surface area contributed by atoms with Crippen molar-refractivity contribution in [1.82, 2.24) is 0 Å². The molecule has 0 saturated carbocycles. The predicted molar refractivity (Wildman–Crippen MR) is 84.0 cm³/mol. The van der Waals surface area contributed by atoms with Gasteiger partial charge in [-0.25, -0.2) is 4.79 Å². The van der Waals surface area contributed by atoms with E-state index in [0.717, 1.165) is 27.7 Å². The number of carbonyl (C=O) groups is 1. The molecular weight excluding hydrogens is 318 g/mol.